The van der Waals surface area contributed by atoms with Crippen molar-refractivity contribution in [1.29, 1.82) is 0 Å². The molecular weight excluding hydrogens is 622 g/mol. The molecule has 0 aliphatic heterocycles. The van der Waals surface area contributed by atoms with Gasteiger partial charge in [0.15, 0.2) is 0 Å². The minimum absolute atomic E-state index is 0.117. The van der Waals surface area contributed by atoms with Gasteiger partial charge in [0, 0.05) is 11.4 Å². The average Bonchev–Trinajstić information content (AvgIpc) is 3.01. The third-order valence-electron chi connectivity index (χ3n) is 8.87. The second-order valence-electron chi connectivity index (χ2n) is 13.7. The number of rotatable bonds is 11. The van der Waals surface area contributed by atoms with Crippen LogP contribution in [0.15, 0.2) is 84.9 Å². The van der Waals surface area contributed by atoms with Crippen molar-refractivity contribution in [1.82, 2.24) is 0 Å². The molecule has 0 bridgehead atoms. The van der Waals surface area contributed by atoms with Gasteiger partial charge in [-0.25, -0.2) is 0 Å². The molecule has 0 heterocycles. The second kappa shape index (κ2) is 14.7. The molecule has 4 aromatic carbocycles. The molecule has 0 aliphatic carbocycles. The van der Waals surface area contributed by atoms with Gasteiger partial charge in [0.05, 0.1) is 23.2 Å². The smallest absolute Gasteiger partial charge is 0.375 e. The monoisotopic (exact) mass is 668 g/mol. The molecule has 4 rings (SSSR count). The molecule has 0 amide bonds. The van der Waals surface area contributed by atoms with E-state index in [0.29, 0.717) is 11.1 Å². The largest absolute Gasteiger partial charge is 0.416 e. The molecule has 0 spiro atoms. The Hall–Kier alpha value is -3.94. The summed E-state index contributed by atoms with van der Waals surface area (Å²) in [6.07, 6.45) is -9.05. The Kier molecular flexibility index (Phi) is 11.3. The van der Waals surface area contributed by atoms with E-state index in [1.165, 1.54) is 24.3 Å². The molecule has 8 heteroatoms. The Bertz CT molecular complexity index is 1470. The van der Waals surface area contributed by atoms with Crippen molar-refractivity contribution < 1.29 is 26.3 Å². The maximum atomic E-state index is 13.7. The van der Waals surface area contributed by atoms with Crippen molar-refractivity contribution >= 4 is 11.4 Å². The molecule has 0 unspecified atom stereocenters. The quantitative estimate of drug-likeness (QED) is 0.155. The number of nitrogens with one attached hydrogen (secondary N) is 2. The first-order chi connectivity index (χ1) is 22.4. The third kappa shape index (κ3) is 8.37. The predicted octanol–water partition coefficient (Wildman–Crippen LogP) is 13.2. The fourth-order valence-electron chi connectivity index (χ4n) is 6.22. The molecule has 4 aromatic rings. The van der Waals surface area contributed by atoms with Gasteiger partial charge in [0.1, 0.15) is 0 Å². The molecule has 0 aliphatic rings. The lowest BCUT2D eigenvalue weighted by Crippen LogP contribution is -2.28. The van der Waals surface area contributed by atoms with E-state index in [2.05, 4.69) is 66.0 Å². The van der Waals surface area contributed by atoms with Crippen molar-refractivity contribution in [3.63, 3.8) is 0 Å². The molecule has 0 saturated carbocycles. The molecule has 2 N–H and O–H groups in total. The molecule has 258 valence electrons. The summed E-state index contributed by atoms with van der Waals surface area (Å²) in [6.45, 7) is 16.6. The molecule has 0 fully saturated rings. The first-order valence-corrected chi connectivity index (χ1v) is 16.5. The fourth-order valence-corrected chi connectivity index (χ4v) is 6.22. The van der Waals surface area contributed by atoms with Crippen molar-refractivity contribution in [2.24, 2.45) is 0 Å². The van der Waals surface area contributed by atoms with Crippen LogP contribution in [0.4, 0.5) is 37.7 Å². The van der Waals surface area contributed by atoms with Gasteiger partial charge in [0.25, 0.3) is 0 Å². The van der Waals surface area contributed by atoms with E-state index in [1.807, 2.05) is 36.4 Å². The highest BCUT2D eigenvalue weighted by Crippen LogP contribution is 2.44. The zero-order chi connectivity index (χ0) is 35.6. The summed E-state index contributed by atoms with van der Waals surface area (Å²) >= 11 is 0. The summed E-state index contributed by atoms with van der Waals surface area (Å²) in [6, 6.07) is 20.9. The third-order valence-corrected chi connectivity index (χ3v) is 8.87. The maximum Gasteiger partial charge on any atom is 0.416 e. The summed E-state index contributed by atoms with van der Waals surface area (Å²) in [4.78, 5) is 0. The Morgan fingerprint density at radius 3 is 0.854 bits per heavy atom. The van der Waals surface area contributed by atoms with Crippen LogP contribution in [0, 0.1) is 0 Å². The van der Waals surface area contributed by atoms with Crippen molar-refractivity contribution in [3.05, 3.63) is 129 Å². The minimum Gasteiger partial charge on any atom is -0.375 e. The van der Waals surface area contributed by atoms with Gasteiger partial charge in [-0.1, -0.05) is 116 Å². The van der Waals surface area contributed by atoms with Crippen LogP contribution in [0.5, 0.6) is 0 Å². The molecule has 0 saturated heterocycles. The lowest BCUT2D eigenvalue weighted by Gasteiger charge is -2.35. The van der Waals surface area contributed by atoms with Crippen LogP contribution in [-0.2, 0) is 12.4 Å². The average molecular weight is 669 g/mol. The normalized spacial score (nSPS) is 13.8. The lowest BCUT2D eigenvalue weighted by atomic mass is 9.87. The van der Waals surface area contributed by atoms with Gasteiger partial charge < -0.3 is 10.6 Å². The van der Waals surface area contributed by atoms with E-state index in [0.717, 1.165) is 57.9 Å². The fraction of sp³-hybridized carbons (Fsp3) is 0.400. The van der Waals surface area contributed by atoms with E-state index in [1.54, 1.807) is 0 Å². The van der Waals surface area contributed by atoms with Crippen LogP contribution in [0.3, 0.4) is 0 Å². The van der Waals surface area contributed by atoms with Crippen molar-refractivity contribution in [2.45, 2.75) is 103 Å². The highest BCUT2D eigenvalue weighted by molar-refractivity contribution is 5.65. The van der Waals surface area contributed by atoms with E-state index >= 15 is 0 Å². The summed E-state index contributed by atoms with van der Waals surface area (Å²) in [5.41, 5.74) is 5.45. The minimum atomic E-state index is -4.52. The first kappa shape index (κ1) is 36.9. The van der Waals surface area contributed by atoms with Gasteiger partial charge in [0.2, 0.25) is 0 Å². The molecule has 0 aromatic heterocycles. The predicted molar refractivity (Wildman–Crippen MR) is 185 cm³/mol. The first-order valence-electron chi connectivity index (χ1n) is 16.5. The van der Waals surface area contributed by atoms with Crippen LogP contribution >= 0.6 is 0 Å². The molecule has 2 nitrogen and oxygen atoms in total. The topological polar surface area (TPSA) is 24.1 Å². The second-order valence-corrected chi connectivity index (χ2v) is 13.7. The Balaban J connectivity index is 2.03. The van der Waals surface area contributed by atoms with E-state index in [9.17, 15) is 26.3 Å². The van der Waals surface area contributed by atoms with Gasteiger partial charge in [-0.05, 0) is 81.3 Å². The van der Waals surface area contributed by atoms with E-state index in [4.69, 9.17) is 0 Å². The highest BCUT2D eigenvalue weighted by Gasteiger charge is 2.34. The highest BCUT2D eigenvalue weighted by atomic mass is 19.4. The van der Waals surface area contributed by atoms with Gasteiger partial charge in [-0.15, -0.1) is 0 Å². The summed E-state index contributed by atoms with van der Waals surface area (Å²) < 4.78 is 82.3. The zero-order valence-corrected chi connectivity index (χ0v) is 28.8. The summed E-state index contributed by atoms with van der Waals surface area (Å²) in [7, 11) is 0. The van der Waals surface area contributed by atoms with Crippen LogP contribution in [-0.4, -0.2) is 0 Å². The van der Waals surface area contributed by atoms with Crippen LogP contribution in [0.25, 0.3) is 0 Å². The molecule has 2 atom stereocenters. The molecule has 48 heavy (non-hydrogen) atoms. The number of para-hydroxylation sites is 2. The van der Waals surface area contributed by atoms with Crippen molar-refractivity contribution in [2.75, 3.05) is 10.6 Å². The Morgan fingerprint density at radius 2 is 0.646 bits per heavy atom. The summed E-state index contributed by atoms with van der Waals surface area (Å²) in [5.74, 6) is 0.467. The number of anilines is 2. The van der Waals surface area contributed by atoms with E-state index in [-0.39, 0.29) is 23.7 Å². The van der Waals surface area contributed by atoms with Crippen LogP contribution < -0.4 is 10.6 Å². The number of halogens is 6. The van der Waals surface area contributed by atoms with Crippen LogP contribution in [0.2, 0.25) is 0 Å². The van der Waals surface area contributed by atoms with Gasteiger partial charge >= 0.3 is 12.4 Å². The molecule has 0 radical (unpaired) electrons. The number of benzene rings is 4. The Morgan fingerprint density at radius 1 is 0.396 bits per heavy atom. The standard InChI is InChI=1S/C40H46F6N2/c1-23(2)31-11-9-12-32(24(3)4)37(31)47-35(27-15-19-29(20-16-27)39(41,42)43)36(28-17-21-30(22-18-28)40(44,45)46)48-38-33(25(5)6)13-10-14-34(38)26(7)8/h9-26,35-36,47-48H,1-8H3/t35-,36-/m0/s1. The number of alkyl halides is 6. The zero-order valence-electron chi connectivity index (χ0n) is 28.8. The maximum absolute atomic E-state index is 13.7. The van der Waals surface area contributed by atoms with Crippen LogP contribution in [0.1, 0.15) is 136 Å². The Labute approximate surface area is 281 Å². The lowest BCUT2D eigenvalue weighted by molar-refractivity contribution is -0.138. The van der Waals surface area contributed by atoms with Crippen molar-refractivity contribution in [3.8, 4) is 0 Å². The van der Waals surface area contributed by atoms with Gasteiger partial charge in [-0.3, -0.25) is 0 Å². The number of hydrogen-bond acceptors (Lipinski definition) is 2. The van der Waals surface area contributed by atoms with E-state index < -0.39 is 35.6 Å². The number of hydrogen-bond donors (Lipinski definition) is 2. The van der Waals surface area contributed by atoms with Gasteiger partial charge in [-0.2, -0.15) is 26.3 Å². The molecular formula is C40H46F6N2. The SMILES string of the molecule is CC(C)c1cccc(C(C)C)c1N[C@@H](c1ccc(C(F)(F)F)cc1)[C@@H](Nc1c(C(C)C)cccc1C(C)C)c1ccc(C(F)(F)F)cc1. The summed E-state index contributed by atoms with van der Waals surface area (Å²) in [5, 5.41) is 7.50.